The number of halogens is 2. The van der Waals surface area contributed by atoms with E-state index in [1.807, 2.05) is 6.07 Å². The lowest BCUT2D eigenvalue weighted by atomic mass is 10.2. The van der Waals surface area contributed by atoms with Gasteiger partial charge in [-0.05, 0) is 36.8 Å². The third-order valence-corrected chi connectivity index (χ3v) is 4.05. The monoisotopic (exact) mass is 378 g/mol. The van der Waals surface area contributed by atoms with E-state index >= 15 is 0 Å². The van der Waals surface area contributed by atoms with Gasteiger partial charge >= 0.3 is 12.6 Å². The highest BCUT2D eigenvalue weighted by atomic mass is 19.3. The van der Waals surface area contributed by atoms with Crippen molar-refractivity contribution in [2.24, 2.45) is 0 Å². The number of amides is 2. The summed E-state index contributed by atoms with van der Waals surface area (Å²) in [7, 11) is 1.75. The maximum atomic E-state index is 12.1. The number of nitrogens with one attached hydrogen (secondary N) is 3. The van der Waals surface area contributed by atoms with Crippen LogP contribution in [-0.4, -0.2) is 48.8 Å². The van der Waals surface area contributed by atoms with E-state index in [0.29, 0.717) is 18.2 Å². The number of rotatable bonds is 6. The van der Waals surface area contributed by atoms with E-state index < -0.39 is 6.61 Å². The molecule has 1 atom stereocenters. The summed E-state index contributed by atoms with van der Waals surface area (Å²) >= 11 is 0. The summed E-state index contributed by atoms with van der Waals surface area (Å²) in [5, 5.41) is 8.47. The molecule has 0 bridgehead atoms. The molecule has 3 N–H and O–H groups in total. The van der Waals surface area contributed by atoms with E-state index in [2.05, 4.69) is 35.6 Å². The SMILES string of the molecule is CNc1nccc(N2CC[C@H](NC(=O)Nc3ccc(OC(F)F)cc3)C2)n1. The number of benzene rings is 1. The molecule has 27 heavy (non-hydrogen) atoms. The maximum absolute atomic E-state index is 12.1. The average molecular weight is 378 g/mol. The topological polar surface area (TPSA) is 91.4 Å². The summed E-state index contributed by atoms with van der Waals surface area (Å²) in [6.45, 7) is -1.48. The van der Waals surface area contributed by atoms with Gasteiger partial charge in [0, 0.05) is 38.1 Å². The largest absolute Gasteiger partial charge is 0.435 e. The molecule has 2 heterocycles. The zero-order chi connectivity index (χ0) is 19.2. The Morgan fingerprint density at radius 1 is 1.30 bits per heavy atom. The molecule has 1 saturated heterocycles. The first-order chi connectivity index (χ1) is 13.0. The van der Waals surface area contributed by atoms with Crippen molar-refractivity contribution < 1.29 is 18.3 Å². The Balaban J connectivity index is 1.50. The van der Waals surface area contributed by atoms with Crippen LogP contribution >= 0.6 is 0 Å². The second kappa shape index (κ2) is 8.47. The molecule has 1 fully saturated rings. The standard InChI is InChI=1S/C17H20F2N6O2/c1-20-16-21-8-6-14(24-16)25-9-7-12(10-25)23-17(26)22-11-2-4-13(5-3-11)27-15(18)19/h2-6,8,12,15H,7,9-10H2,1H3,(H,20,21,24)(H2,22,23,26)/t12-/m0/s1. The lowest BCUT2D eigenvalue weighted by molar-refractivity contribution is -0.0498. The van der Waals surface area contributed by atoms with Crippen molar-refractivity contribution in [3.63, 3.8) is 0 Å². The van der Waals surface area contributed by atoms with Crippen molar-refractivity contribution in [1.82, 2.24) is 15.3 Å². The Morgan fingerprint density at radius 2 is 2.07 bits per heavy atom. The number of alkyl halides is 2. The third kappa shape index (κ3) is 5.16. The second-order valence-corrected chi connectivity index (χ2v) is 5.92. The number of nitrogens with zero attached hydrogens (tertiary/aromatic N) is 3. The minimum absolute atomic E-state index is 0.0283. The van der Waals surface area contributed by atoms with Gasteiger partial charge in [-0.15, -0.1) is 0 Å². The lowest BCUT2D eigenvalue weighted by Gasteiger charge is -2.18. The first-order valence-corrected chi connectivity index (χ1v) is 8.41. The van der Waals surface area contributed by atoms with E-state index in [9.17, 15) is 13.6 Å². The first-order valence-electron chi connectivity index (χ1n) is 8.41. The fourth-order valence-electron chi connectivity index (χ4n) is 2.80. The van der Waals surface area contributed by atoms with Crippen molar-refractivity contribution in [3.8, 4) is 5.75 Å². The van der Waals surface area contributed by atoms with Crippen molar-refractivity contribution in [2.75, 3.05) is 35.7 Å². The molecule has 0 radical (unpaired) electrons. The van der Waals surface area contributed by atoms with Gasteiger partial charge in [0.2, 0.25) is 5.95 Å². The minimum Gasteiger partial charge on any atom is -0.435 e. The Labute approximate surface area is 154 Å². The van der Waals surface area contributed by atoms with Gasteiger partial charge in [0.15, 0.2) is 0 Å². The normalized spacial score (nSPS) is 16.3. The van der Waals surface area contributed by atoms with Gasteiger partial charge in [0.1, 0.15) is 11.6 Å². The van der Waals surface area contributed by atoms with E-state index in [4.69, 9.17) is 0 Å². The quantitative estimate of drug-likeness (QED) is 0.716. The van der Waals surface area contributed by atoms with Gasteiger partial charge in [-0.3, -0.25) is 0 Å². The average Bonchev–Trinajstić information content (AvgIpc) is 3.11. The van der Waals surface area contributed by atoms with Gasteiger partial charge in [0.25, 0.3) is 0 Å². The summed E-state index contributed by atoms with van der Waals surface area (Å²) in [6.07, 6.45) is 2.47. The predicted molar refractivity (Wildman–Crippen MR) is 97.4 cm³/mol. The number of aromatic nitrogens is 2. The van der Waals surface area contributed by atoms with E-state index in [1.54, 1.807) is 13.2 Å². The molecule has 0 saturated carbocycles. The minimum atomic E-state index is -2.88. The van der Waals surface area contributed by atoms with Crippen LogP contribution in [0.25, 0.3) is 0 Å². The molecule has 2 amide bonds. The van der Waals surface area contributed by atoms with Crippen molar-refractivity contribution in [2.45, 2.75) is 19.1 Å². The Morgan fingerprint density at radius 3 is 2.78 bits per heavy atom. The number of ether oxygens (including phenoxy) is 1. The van der Waals surface area contributed by atoms with Crippen LogP contribution in [0.5, 0.6) is 5.75 Å². The molecule has 10 heteroatoms. The van der Waals surface area contributed by atoms with Crippen LogP contribution in [-0.2, 0) is 0 Å². The molecule has 8 nitrogen and oxygen atoms in total. The molecule has 0 aliphatic carbocycles. The van der Waals surface area contributed by atoms with Gasteiger partial charge in [-0.25, -0.2) is 9.78 Å². The van der Waals surface area contributed by atoms with Crippen LogP contribution in [0.3, 0.4) is 0 Å². The first kappa shape index (κ1) is 18.6. The number of hydrogen-bond acceptors (Lipinski definition) is 6. The summed E-state index contributed by atoms with van der Waals surface area (Å²) in [5.74, 6) is 1.38. The second-order valence-electron chi connectivity index (χ2n) is 5.92. The number of urea groups is 1. The highest BCUT2D eigenvalue weighted by molar-refractivity contribution is 5.89. The highest BCUT2D eigenvalue weighted by Crippen LogP contribution is 2.20. The summed E-state index contributed by atoms with van der Waals surface area (Å²) in [6, 6.07) is 7.17. The zero-order valence-corrected chi connectivity index (χ0v) is 14.7. The Kier molecular flexibility index (Phi) is 5.84. The van der Waals surface area contributed by atoms with Gasteiger partial charge < -0.3 is 25.6 Å². The number of anilines is 3. The van der Waals surface area contributed by atoms with E-state index in [0.717, 1.165) is 18.8 Å². The fourth-order valence-corrected chi connectivity index (χ4v) is 2.80. The molecule has 144 valence electrons. The maximum Gasteiger partial charge on any atom is 0.387 e. The summed E-state index contributed by atoms with van der Waals surface area (Å²) < 4.78 is 28.5. The van der Waals surface area contributed by atoms with Gasteiger partial charge in [0.05, 0.1) is 0 Å². The van der Waals surface area contributed by atoms with Crippen LogP contribution in [0.1, 0.15) is 6.42 Å². The van der Waals surface area contributed by atoms with Crippen LogP contribution in [0.15, 0.2) is 36.5 Å². The smallest absolute Gasteiger partial charge is 0.387 e. The molecule has 1 aliphatic rings. The van der Waals surface area contributed by atoms with Crippen molar-refractivity contribution >= 4 is 23.5 Å². The number of carbonyl (C=O) groups excluding carboxylic acids is 1. The molecule has 1 aromatic heterocycles. The molecule has 3 rings (SSSR count). The van der Waals surface area contributed by atoms with Crippen molar-refractivity contribution in [3.05, 3.63) is 36.5 Å². The summed E-state index contributed by atoms with van der Waals surface area (Å²) in [5.41, 5.74) is 0.485. The molecule has 2 aromatic rings. The number of carbonyl (C=O) groups is 1. The number of hydrogen-bond donors (Lipinski definition) is 3. The summed E-state index contributed by atoms with van der Waals surface area (Å²) in [4.78, 5) is 22.7. The van der Waals surface area contributed by atoms with Crippen LogP contribution in [0.2, 0.25) is 0 Å². The van der Waals surface area contributed by atoms with E-state index in [1.165, 1.54) is 24.3 Å². The molecule has 1 aliphatic heterocycles. The predicted octanol–water partition coefficient (Wildman–Crippen LogP) is 2.52. The zero-order valence-electron chi connectivity index (χ0n) is 14.7. The van der Waals surface area contributed by atoms with Gasteiger partial charge in [-0.2, -0.15) is 13.8 Å². The Bertz CT molecular complexity index is 774. The third-order valence-electron chi connectivity index (χ3n) is 4.05. The Hall–Kier alpha value is -3.17. The molecule has 0 unspecified atom stereocenters. The lowest BCUT2D eigenvalue weighted by Crippen LogP contribution is -2.39. The van der Waals surface area contributed by atoms with Gasteiger partial charge in [-0.1, -0.05) is 0 Å². The molecular formula is C17H20F2N6O2. The van der Waals surface area contributed by atoms with Crippen LogP contribution in [0.4, 0.5) is 31.0 Å². The van der Waals surface area contributed by atoms with Crippen LogP contribution < -0.4 is 25.6 Å². The fraction of sp³-hybridized carbons (Fsp3) is 0.353. The van der Waals surface area contributed by atoms with E-state index in [-0.39, 0.29) is 17.8 Å². The molecule has 1 aromatic carbocycles. The van der Waals surface area contributed by atoms with Crippen molar-refractivity contribution in [1.29, 1.82) is 0 Å². The van der Waals surface area contributed by atoms with Crippen LogP contribution in [0, 0.1) is 0 Å². The highest BCUT2D eigenvalue weighted by Gasteiger charge is 2.25. The molecular weight excluding hydrogens is 358 g/mol. The molecule has 0 spiro atoms.